The summed E-state index contributed by atoms with van der Waals surface area (Å²) in [5.74, 6) is -2.59. The zero-order chi connectivity index (χ0) is 15.8. The summed E-state index contributed by atoms with van der Waals surface area (Å²) >= 11 is 0. The minimum Gasteiger partial charge on any atom is -0.350 e. The molecule has 1 rings (SSSR count). The summed E-state index contributed by atoms with van der Waals surface area (Å²) in [5.41, 5.74) is 0.0526. The predicted octanol–water partition coefficient (Wildman–Crippen LogP) is 2.34. The number of carbonyl (C=O) groups excluding carboxylic acids is 2. The van der Waals surface area contributed by atoms with Gasteiger partial charge >= 0.3 is 0 Å². The van der Waals surface area contributed by atoms with E-state index in [1.54, 1.807) is 4.90 Å². The highest BCUT2D eigenvalue weighted by Gasteiger charge is 2.11. The van der Waals surface area contributed by atoms with E-state index in [0.717, 1.165) is 25.0 Å². The Morgan fingerprint density at radius 3 is 2.48 bits per heavy atom. The van der Waals surface area contributed by atoms with Gasteiger partial charge in [-0.15, -0.1) is 0 Å². The van der Waals surface area contributed by atoms with Crippen molar-refractivity contribution in [3.05, 3.63) is 35.4 Å². The predicted molar refractivity (Wildman–Crippen MR) is 75.9 cm³/mol. The fraction of sp³-hybridized carbons (Fsp3) is 0.467. The molecule has 0 atom stereocenters. The second kappa shape index (κ2) is 8.34. The van der Waals surface area contributed by atoms with Gasteiger partial charge in [-0.1, -0.05) is 13.3 Å². The van der Waals surface area contributed by atoms with E-state index in [0.29, 0.717) is 13.1 Å². The maximum atomic E-state index is 13.0. The average Bonchev–Trinajstić information content (AvgIpc) is 2.44. The first kappa shape index (κ1) is 17.1. The van der Waals surface area contributed by atoms with E-state index in [9.17, 15) is 18.4 Å². The van der Waals surface area contributed by atoms with Gasteiger partial charge in [0.15, 0.2) is 11.6 Å². The molecule has 4 nitrogen and oxygen atoms in total. The maximum Gasteiger partial charge on any atom is 0.251 e. The Morgan fingerprint density at radius 2 is 1.90 bits per heavy atom. The van der Waals surface area contributed by atoms with Crippen molar-refractivity contribution in [2.75, 3.05) is 19.6 Å². The third kappa shape index (κ3) is 5.49. The van der Waals surface area contributed by atoms with E-state index < -0.39 is 17.5 Å². The topological polar surface area (TPSA) is 49.4 Å². The van der Waals surface area contributed by atoms with Gasteiger partial charge in [-0.2, -0.15) is 0 Å². The number of carbonyl (C=O) groups is 2. The molecule has 2 amide bonds. The lowest BCUT2D eigenvalue weighted by Crippen LogP contribution is -2.38. The second-order valence-electron chi connectivity index (χ2n) is 4.74. The van der Waals surface area contributed by atoms with Crippen molar-refractivity contribution in [3.63, 3.8) is 0 Å². The molecular formula is C15H20F2N2O2. The summed E-state index contributed by atoms with van der Waals surface area (Å²) in [7, 11) is 0. The van der Waals surface area contributed by atoms with Crippen LogP contribution in [0.25, 0.3) is 0 Å². The van der Waals surface area contributed by atoms with Gasteiger partial charge in [0.05, 0.1) is 0 Å². The molecular weight excluding hydrogens is 278 g/mol. The molecule has 1 N–H and O–H groups in total. The molecule has 0 saturated carbocycles. The number of nitrogens with zero attached hydrogens (tertiary/aromatic N) is 1. The van der Waals surface area contributed by atoms with Crippen LogP contribution >= 0.6 is 0 Å². The Bertz CT molecular complexity index is 506. The lowest BCUT2D eigenvalue weighted by molar-refractivity contribution is -0.128. The van der Waals surface area contributed by atoms with Crippen LogP contribution in [-0.4, -0.2) is 36.3 Å². The van der Waals surface area contributed by atoms with Crippen LogP contribution in [0.1, 0.15) is 37.0 Å². The van der Waals surface area contributed by atoms with E-state index in [1.807, 2.05) is 6.92 Å². The monoisotopic (exact) mass is 298 g/mol. The molecule has 6 heteroatoms. The highest BCUT2D eigenvalue weighted by Crippen LogP contribution is 2.08. The Kier molecular flexibility index (Phi) is 6.78. The van der Waals surface area contributed by atoms with Crippen LogP contribution in [0.4, 0.5) is 8.78 Å². The average molecular weight is 298 g/mol. The molecule has 0 radical (unpaired) electrons. The first-order chi connectivity index (χ1) is 9.95. The fourth-order valence-electron chi connectivity index (χ4n) is 1.82. The summed E-state index contributed by atoms with van der Waals surface area (Å²) in [6.45, 7) is 4.81. The summed E-state index contributed by atoms with van der Waals surface area (Å²) in [4.78, 5) is 24.8. The molecule has 0 spiro atoms. The van der Waals surface area contributed by atoms with Crippen molar-refractivity contribution in [1.82, 2.24) is 10.2 Å². The van der Waals surface area contributed by atoms with Gasteiger partial charge in [-0.25, -0.2) is 8.78 Å². The molecule has 0 fully saturated rings. The number of hydrogen-bond donors (Lipinski definition) is 1. The summed E-state index contributed by atoms with van der Waals surface area (Å²) in [6, 6.07) is 2.98. The van der Waals surface area contributed by atoms with Crippen LogP contribution in [-0.2, 0) is 4.79 Å². The molecule has 1 aromatic rings. The van der Waals surface area contributed by atoms with Crippen LogP contribution in [0.15, 0.2) is 18.2 Å². The first-order valence-corrected chi connectivity index (χ1v) is 6.94. The van der Waals surface area contributed by atoms with Gasteiger partial charge in [-0.3, -0.25) is 9.59 Å². The molecule has 0 aromatic heterocycles. The van der Waals surface area contributed by atoms with Gasteiger partial charge in [0.25, 0.3) is 5.91 Å². The van der Waals surface area contributed by atoms with Crippen molar-refractivity contribution >= 4 is 11.8 Å². The van der Waals surface area contributed by atoms with Crippen molar-refractivity contribution in [2.24, 2.45) is 0 Å². The normalized spacial score (nSPS) is 10.3. The number of unbranched alkanes of at least 4 members (excludes halogenated alkanes) is 1. The summed E-state index contributed by atoms with van der Waals surface area (Å²) < 4.78 is 25.8. The summed E-state index contributed by atoms with van der Waals surface area (Å²) in [5, 5.41) is 2.59. The van der Waals surface area contributed by atoms with E-state index in [-0.39, 0.29) is 18.0 Å². The van der Waals surface area contributed by atoms with Gasteiger partial charge in [0.1, 0.15) is 0 Å². The number of hydrogen-bond acceptors (Lipinski definition) is 2. The van der Waals surface area contributed by atoms with Gasteiger partial charge < -0.3 is 10.2 Å². The molecule has 0 saturated heterocycles. The third-order valence-electron chi connectivity index (χ3n) is 3.08. The molecule has 0 aliphatic carbocycles. The van der Waals surface area contributed by atoms with Crippen LogP contribution < -0.4 is 5.32 Å². The van der Waals surface area contributed by atoms with E-state index in [2.05, 4.69) is 5.32 Å². The Morgan fingerprint density at radius 1 is 1.19 bits per heavy atom. The SMILES string of the molecule is CCCCN(CCNC(=O)c1ccc(F)c(F)c1)C(C)=O. The van der Waals surface area contributed by atoms with Crippen LogP contribution in [0.5, 0.6) is 0 Å². The van der Waals surface area contributed by atoms with Crippen molar-refractivity contribution < 1.29 is 18.4 Å². The van der Waals surface area contributed by atoms with E-state index in [4.69, 9.17) is 0 Å². The highest BCUT2D eigenvalue weighted by molar-refractivity contribution is 5.94. The number of rotatable bonds is 7. The molecule has 21 heavy (non-hydrogen) atoms. The number of amides is 2. The minimum absolute atomic E-state index is 0.0504. The lowest BCUT2D eigenvalue weighted by atomic mass is 10.2. The number of benzene rings is 1. The molecule has 0 bridgehead atoms. The van der Waals surface area contributed by atoms with Gasteiger partial charge in [0, 0.05) is 32.1 Å². The molecule has 116 valence electrons. The van der Waals surface area contributed by atoms with E-state index >= 15 is 0 Å². The summed E-state index contributed by atoms with van der Waals surface area (Å²) in [6.07, 6.45) is 1.88. The van der Waals surface area contributed by atoms with E-state index in [1.165, 1.54) is 13.0 Å². The minimum atomic E-state index is -1.06. The third-order valence-corrected chi connectivity index (χ3v) is 3.08. The van der Waals surface area contributed by atoms with Crippen molar-refractivity contribution in [2.45, 2.75) is 26.7 Å². The molecule has 0 aliphatic rings. The smallest absolute Gasteiger partial charge is 0.251 e. The fourth-order valence-corrected chi connectivity index (χ4v) is 1.82. The van der Waals surface area contributed by atoms with Crippen molar-refractivity contribution in [3.8, 4) is 0 Å². The first-order valence-electron chi connectivity index (χ1n) is 6.94. The zero-order valence-electron chi connectivity index (χ0n) is 12.3. The van der Waals surface area contributed by atoms with Crippen LogP contribution in [0.3, 0.4) is 0 Å². The van der Waals surface area contributed by atoms with Crippen LogP contribution in [0, 0.1) is 11.6 Å². The Hall–Kier alpha value is -1.98. The molecule has 0 heterocycles. The zero-order valence-corrected chi connectivity index (χ0v) is 12.3. The number of halogens is 2. The molecule has 0 aliphatic heterocycles. The quantitative estimate of drug-likeness (QED) is 0.840. The molecule has 1 aromatic carbocycles. The maximum absolute atomic E-state index is 13.0. The van der Waals surface area contributed by atoms with Gasteiger partial charge in [0.2, 0.25) is 5.91 Å². The Balaban J connectivity index is 2.48. The van der Waals surface area contributed by atoms with Crippen molar-refractivity contribution in [1.29, 1.82) is 0 Å². The second-order valence-corrected chi connectivity index (χ2v) is 4.74. The standard InChI is InChI=1S/C15H20F2N2O2/c1-3-4-8-19(11(2)20)9-7-18-15(21)12-5-6-13(16)14(17)10-12/h5-6,10H,3-4,7-9H2,1-2H3,(H,18,21). The highest BCUT2D eigenvalue weighted by atomic mass is 19.2. The number of nitrogens with one attached hydrogen (secondary N) is 1. The Labute approximate surface area is 123 Å². The largest absolute Gasteiger partial charge is 0.350 e. The van der Waals surface area contributed by atoms with Gasteiger partial charge in [-0.05, 0) is 24.6 Å². The molecule has 0 unspecified atom stereocenters. The van der Waals surface area contributed by atoms with Crippen LogP contribution in [0.2, 0.25) is 0 Å². The lowest BCUT2D eigenvalue weighted by Gasteiger charge is -2.20.